The van der Waals surface area contributed by atoms with E-state index in [1.807, 2.05) is 36.1 Å². The minimum atomic E-state index is -0.0127. The van der Waals surface area contributed by atoms with Crippen LogP contribution in [0.2, 0.25) is 5.15 Å². The normalized spacial score (nSPS) is 19.3. The molecule has 20 heavy (non-hydrogen) atoms. The molecule has 0 aliphatic carbocycles. The van der Waals surface area contributed by atoms with Crippen LogP contribution in [0.25, 0.3) is 10.9 Å². The number of benzene rings is 1. The van der Waals surface area contributed by atoms with Gasteiger partial charge in [0.1, 0.15) is 5.15 Å². The molecule has 3 rings (SSSR count). The van der Waals surface area contributed by atoms with E-state index in [4.69, 9.17) is 16.3 Å². The van der Waals surface area contributed by atoms with Gasteiger partial charge >= 0.3 is 0 Å². The first-order valence-corrected chi connectivity index (χ1v) is 6.98. The van der Waals surface area contributed by atoms with E-state index in [0.29, 0.717) is 30.5 Å². The number of nitrogens with zero attached hydrogens (tertiary/aromatic N) is 2. The summed E-state index contributed by atoms with van der Waals surface area (Å²) in [6.07, 6.45) is 0. The van der Waals surface area contributed by atoms with Gasteiger partial charge in [0.25, 0.3) is 5.91 Å². The third kappa shape index (κ3) is 2.37. The van der Waals surface area contributed by atoms with Crippen molar-refractivity contribution in [3.05, 3.63) is 41.0 Å². The Morgan fingerprint density at radius 1 is 1.45 bits per heavy atom. The van der Waals surface area contributed by atoms with Gasteiger partial charge in [0.15, 0.2) is 0 Å². The Hall–Kier alpha value is -1.65. The first kappa shape index (κ1) is 13.3. The number of pyridine rings is 1. The molecule has 1 unspecified atom stereocenters. The van der Waals surface area contributed by atoms with Crippen molar-refractivity contribution >= 4 is 28.4 Å². The fourth-order valence-corrected chi connectivity index (χ4v) is 2.70. The quantitative estimate of drug-likeness (QED) is 0.759. The second-order valence-electron chi connectivity index (χ2n) is 4.93. The number of aromatic nitrogens is 1. The molecule has 104 valence electrons. The molecule has 1 amide bonds. The minimum Gasteiger partial charge on any atom is -0.377 e. The maximum atomic E-state index is 12.8. The molecule has 1 aliphatic heterocycles. The second-order valence-corrected chi connectivity index (χ2v) is 5.32. The highest BCUT2D eigenvalue weighted by molar-refractivity contribution is 6.30. The van der Waals surface area contributed by atoms with Gasteiger partial charge in [-0.25, -0.2) is 4.98 Å². The van der Waals surface area contributed by atoms with Crippen LogP contribution >= 0.6 is 11.6 Å². The number of carbonyl (C=O) groups is 1. The summed E-state index contributed by atoms with van der Waals surface area (Å²) in [7, 11) is 0. The maximum absolute atomic E-state index is 12.8. The highest BCUT2D eigenvalue weighted by Crippen LogP contribution is 2.23. The Morgan fingerprint density at radius 2 is 2.25 bits per heavy atom. The molecule has 2 aromatic rings. The van der Waals surface area contributed by atoms with Crippen LogP contribution in [0.15, 0.2) is 30.3 Å². The fourth-order valence-electron chi connectivity index (χ4n) is 2.50. The molecule has 1 atom stereocenters. The van der Waals surface area contributed by atoms with Crippen LogP contribution in [0.3, 0.4) is 0 Å². The smallest absolute Gasteiger partial charge is 0.255 e. The Labute approximate surface area is 122 Å². The predicted octanol–water partition coefficient (Wildman–Crippen LogP) is 2.75. The number of amides is 1. The lowest BCUT2D eigenvalue weighted by Gasteiger charge is -2.33. The number of ether oxygens (including phenoxy) is 1. The molecular weight excluding hydrogens is 276 g/mol. The van der Waals surface area contributed by atoms with Gasteiger partial charge in [-0.15, -0.1) is 0 Å². The first-order chi connectivity index (χ1) is 9.66. The summed E-state index contributed by atoms with van der Waals surface area (Å²) in [4.78, 5) is 18.8. The summed E-state index contributed by atoms with van der Waals surface area (Å²) in [5.41, 5.74) is 1.35. The molecular formula is C15H15ClN2O2. The van der Waals surface area contributed by atoms with Crippen LogP contribution in [0.1, 0.15) is 17.3 Å². The summed E-state index contributed by atoms with van der Waals surface area (Å²) in [6.45, 7) is 3.74. The van der Waals surface area contributed by atoms with Crippen molar-refractivity contribution in [3.63, 3.8) is 0 Å². The van der Waals surface area contributed by atoms with Gasteiger partial charge < -0.3 is 9.64 Å². The van der Waals surface area contributed by atoms with E-state index in [-0.39, 0.29) is 11.9 Å². The largest absolute Gasteiger partial charge is 0.377 e. The van der Waals surface area contributed by atoms with Crippen molar-refractivity contribution in [2.75, 3.05) is 19.8 Å². The number of carbonyl (C=O) groups excluding carboxylic acids is 1. The topological polar surface area (TPSA) is 42.4 Å². The van der Waals surface area contributed by atoms with E-state index < -0.39 is 0 Å². The number of morpholine rings is 1. The zero-order valence-corrected chi connectivity index (χ0v) is 11.9. The summed E-state index contributed by atoms with van der Waals surface area (Å²) in [5, 5.41) is 1.17. The van der Waals surface area contributed by atoms with Gasteiger partial charge in [-0.1, -0.05) is 29.8 Å². The third-order valence-electron chi connectivity index (χ3n) is 3.54. The molecule has 1 saturated heterocycles. The van der Waals surface area contributed by atoms with E-state index in [1.54, 1.807) is 6.07 Å². The highest BCUT2D eigenvalue weighted by Gasteiger charge is 2.26. The van der Waals surface area contributed by atoms with Crippen LogP contribution in [0, 0.1) is 0 Å². The average molecular weight is 291 g/mol. The van der Waals surface area contributed by atoms with E-state index >= 15 is 0 Å². The Balaban J connectivity index is 2.06. The van der Waals surface area contributed by atoms with E-state index in [9.17, 15) is 4.79 Å². The minimum absolute atomic E-state index is 0.0127. The third-order valence-corrected chi connectivity index (χ3v) is 3.74. The van der Waals surface area contributed by atoms with Gasteiger partial charge in [0.05, 0.1) is 30.3 Å². The molecule has 0 saturated carbocycles. The Bertz CT molecular complexity index is 659. The standard InChI is InChI=1S/C15H15ClN2O2/c1-10-9-20-7-6-18(10)15(19)12-8-14(16)17-13-5-3-2-4-11(12)13/h2-5,8,10H,6-7,9H2,1H3. The number of halogens is 1. The van der Waals surface area contributed by atoms with Gasteiger partial charge in [-0.2, -0.15) is 0 Å². The van der Waals surface area contributed by atoms with Crippen LogP contribution in [-0.2, 0) is 4.74 Å². The number of hydrogen-bond donors (Lipinski definition) is 0. The molecule has 0 bridgehead atoms. The van der Waals surface area contributed by atoms with E-state index in [2.05, 4.69) is 4.98 Å². The number of fused-ring (bicyclic) bond motifs is 1. The zero-order chi connectivity index (χ0) is 14.1. The maximum Gasteiger partial charge on any atom is 0.255 e. The summed E-state index contributed by atoms with van der Waals surface area (Å²) < 4.78 is 5.38. The molecule has 1 fully saturated rings. The summed E-state index contributed by atoms with van der Waals surface area (Å²) in [5.74, 6) is -0.0127. The fraction of sp³-hybridized carbons (Fsp3) is 0.333. The summed E-state index contributed by atoms with van der Waals surface area (Å²) >= 11 is 6.04. The molecule has 4 nitrogen and oxygen atoms in total. The Kier molecular flexibility index (Phi) is 3.59. The van der Waals surface area contributed by atoms with Gasteiger partial charge in [0, 0.05) is 11.9 Å². The highest BCUT2D eigenvalue weighted by atomic mass is 35.5. The van der Waals surface area contributed by atoms with Crippen molar-refractivity contribution in [3.8, 4) is 0 Å². The van der Waals surface area contributed by atoms with Crippen LogP contribution in [-0.4, -0.2) is 41.6 Å². The van der Waals surface area contributed by atoms with Crippen molar-refractivity contribution < 1.29 is 9.53 Å². The monoisotopic (exact) mass is 290 g/mol. The van der Waals surface area contributed by atoms with Crippen molar-refractivity contribution in [2.45, 2.75) is 13.0 Å². The lowest BCUT2D eigenvalue weighted by Crippen LogP contribution is -2.47. The number of hydrogen-bond acceptors (Lipinski definition) is 3. The van der Waals surface area contributed by atoms with Crippen LogP contribution in [0.5, 0.6) is 0 Å². The zero-order valence-electron chi connectivity index (χ0n) is 11.2. The van der Waals surface area contributed by atoms with Gasteiger partial charge in [-0.05, 0) is 19.1 Å². The molecule has 0 spiro atoms. The molecule has 1 aromatic heterocycles. The van der Waals surface area contributed by atoms with Gasteiger partial charge in [-0.3, -0.25) is 4.79 Å². The number of para-hydroxylation sites is 1. The molecule has 1 aliphatic rings. The second kappa shape index (κ2) is 5.38. The van der Waals surface area contributed by atoms with E-state index in [1.165, 1.54) is 0 Å². The first-order valence-electron chi connectivity index (χ1n) is 6.61. The summed E-state index contributed by atoms with van der Waals surface area (Å²) in [6, 6.07) is 9.27. The molecule has 1 aromatic carbocycles. The molecule has 2 heterocycles. The lowest BCUT2D eigenvalue weighted by molar-refractivity contribution is 0.00370. The molecule has 0 N–H and O–H groups in total. The molecule has 5 heteroatoms. The lowest BCUT2D eigenvalue weighted by atomic mass is 10.1. The van der Waals surface area contributed by atoms with Crippen molar-refractivity contribution in [2.24, 2.45) is 0 Å². The molecule has 0 radical (unpaired) electrons. The van der Waals surface area contributed by atoms with Crippen LogP contribution < -0.4 is 0 Å². The van der Waals surface area contributed by atoms with Crippen molar-refractivity contribution in [1.29, 1.82) is 0 Å². The van der Waals surface area contributed by atoms with Crippen LogP contribution in [0.4, 0.5) is 0 Å². The number of rotatable bonds is 1. The SMILES string of the molecule is CC1COCCN1C(=O)c1cc(Cl)nc2ccccc12. The van der Waals surface area contributed by atoms with Crippen molar-refractivity contribution in [1.82, 2.24) is 9.88 Å². The Morgan fingerprint density at radius 3 is 3.05 bits per heavy atom. The van der Waals surface area contributed by atoms with E-state index in [0.717, 1.165) is 10.9 Å². The predicted molar refractivity (Wildman–Crippen MR) is 78.1 cm³/mol. The van der Waals surface area contributed by atoms with Gasteiger partial charge in [0.2, 0.25) is 0 Å². The average Bonchev–Trinajstić information content (AvgIpc) is 2.46.